The van der Waals surface area contributed by atoms with Gasteiger partial charge >= 0.3 is 0 Å². The Morgan fingerprint density at radius 1 is 1.10 bits per heavy atom. The Balaban J connectivity index is 1.63. The van der Waals surface area contributed by atoms with E-state index < -0.39 is 0 Å². The minimum absolute atomic E-state index is 0.183. The van der Waals surface area contributed by atoms with Crippen molar-refractivity contribution in [2.75, 3.05) is 0 Å². The van der Waals surface area contributed by atoms with Crippen LogP contribution in [0.15, 0.2) is 70.2 Å². The van der Waals surface area contributed by atoms with Crippen LogP contribution in [0.1, 0.15) is 27.8 Å². The summed E-state index contributed by atoms with van der Waals surface area (Å²) >= 11 is 9.54. The monoisotopic (exact) mass is 484 g/mol. The minimum Gasteiger partial charge on any atom is -0.488 e. The SMILES string of the molecule is Cc1ccc(CC(=O)N/N=C/c2cc(Cl)ccc2OCc2ccc(Br)cc2)c(C)c1. The molecule has 1 N–H and O–H groups in total. The van der Waals surface area contributed by atoms with E-state index in [1.807, 2.05) is 50.2 Å². The van der Waals surface area contributed by atoms with E-state index in [1.54, 1.807) is 24.4 Å². The number of ether oxygens (including phenoxy) is 1. The van der Waals surface area contributed by atoms with E-state index in [4.69, 9.17) is 16.3 Å². The van der Waals surface area contributed by atoms with Crippen LogP contribution < -0.4 is 10.2 Å². The normalized spacial score (nSPS) is 10.9. The van der Waals surface area contributed by atoms with E-state index in [-0.39, 0.29) is 12.3 Å². The summed E-state index contributed by atoms with van der Waals surface area (Å²) in [6.45, 7) is 4.44. The molecule has 0 aromatic heterocycles. The van der Waals surface area contributed by atoms with Gasteiger partial charge in [0.2, 0.25) is 5.91 Å². The molecule has 0 spiro atoms. The van der Waals surface area contributed by atoms with E-state index in [2.05, 4.69) is 32.5 Å². The molecule has 3 aromatic carbocycles. The van der Waals surface area contributed by atoms with Gasteiger partial charge in [-0.3, -0.25) is 4.79 Å². The third kappa shape index (κ3) is 6.44. The Hall–Kier alpha value is -2.63. The van der Waals surface area contributed by atoms with Crippen molar-refractivity contribution in [1.29, 1.82) is 0 Å². The fourth-order valence-corrected chi connectivity index (χ4v) is 3.37. The van der Waals surface area contributed by atoms with Gasteiger partial charge in [0.15, 0.2) is 0 Å². The van der Waals surface area contributed by atoms with Crippen molar-refractivity contribution < 1.29 is 9.53 Å². The lowest BCUT2D eigenvalue weighted by Crippen LogP contribution is -2.20. The second kappa shape index (κ2) is 10.4. The number of hydrazone groups is 1. The van der Waals surface area contributed by atoms with Crippen LogP contribution in [0.5, 0.6) is 5.75 Å². The molecule has 3 rings (SSSR count). The zero-order valence-corrected chi connectivity index (χ0v) is 19.1. The van der Waals surface area contributed by atoms with Crippen molar-refractivity contribution in [2.24, 2.45) is 5.10 Å². The van der Waals surface area contributed by atoms with Gasteiger partial charge in [-0.2, -0.15) is 5.10 Å². The molecular formula is C24H22BrClN2O2. The smallest absolute Gasteiger partial charge is 0.244 e. The maximum Gasteiger partial charge on any atom is 0.244 e. The maximum atomic E-state index is 12.2. The lowest BCUT2D eigenvalue weighted by atomic mass is 10.0. The Morgan fingerprint density at radius 3 is 2.60 bits per heavy atom. The number of carbonyl (C=O) groups excluding carboxylic acids is 1. The van der Waals surface area contributed by atoms with Crippen LogP contribution in [-0.2, 0) is 17.8 Å². The van der Waals surface area contributed by atoms with Crippen molar-refractivity contribution in [3.63, 3.8) is 0 Å². The number of hydrogen-bond donors (Lipinski definition) is 1. The molecule has 1 amide bonds. The van der Waals surface area contributed by atoms with Crippen molar-refractivity contribution in [2.45, 2.75) is 26.9 Å². The van der Waals surface area contributed by atoms with E-state index in [0.29, 0.717) is 22.9 Å². The molecule has 0 unspecified atom stereocenters. The molecule has 0 bridgehead atoms. The first-order valence-corrected chi connectivity index (χ1v) is 10.6. The highest BCUT2D eigenvalue weighted by atomic mass is 79.9. The van der Waals surface area contributed by atoms with E-state index in [1.165, 1.54) is 5.56 Å². The summed E-state index contributed by atoms with van der Waals surface area (Å²) < 4.78 is 6.94. The third-order valence-electron chi connectivity index (χ3n) is 4.52. The molecule has 0 aliphatic heterocycles. The van der Waals surface area contributed by atoms with Crippen LogP contribution in [0.4, 0.5) is 0 Å². The second-order valence-corrected chi connectivity index (χ2v) is 8.35. The molecular weight excluding hydrogens is 464 g/mol. The summed E-state index contributed by atoms with van der Waals surface area (Å²) in [4.78, 5) is 12.2. The third-order valence-corrected chi connectivity index (χ3v) is 5.29. The maximum absolute atomic E-state index is 12.2. The molecule has 0 atom stereocenters. The largest absolute Gasteiger partial charge is 0.488 e. The Kier molecular flexibility index (Phi) is 7.66. The van der Waals surface area contributed by atoms with Gasteiger partial charge in [-0.15, -0.1) is 0 Å². The summed E-state index contributed by atoms with van der Waals surface area (Å²) in [5, 5.41) is 4.65. The van der Waals surface area contributed by atoms with Crippen LogP contribution >= 0.6 is 27.5 Å². The minimum atomic E-state index is -0.183. The average molecular weight is 486 g/mol. The highest BCUT2D eigenvalue weighted by Crippen LogP contribution is 2.23. The number of hydrogen-bond acceptors (Lipinski definition) is 3. The van der Waals surface area contributed by atoms with Gasteiger partial charge in [0.1, 0.15) is 12.4 Å². The molecule has 6 heteroatoms. The number of nitrogens with one attached hydrogen (secondary N) is 1. The molecule has 154 valence electrons. The van der Waals surface area contributed by atoms with Crippen molar-refractivity contribution >= 4 is 39.7 Å². The first kappa shape index (κ1) is 22.1. The van der Waals surface area contributed by atoms with Gasteiger partial charge in [-0.05, 0) is 60.9 Å². The number of rotatable bonds is 7. The standard InChI is InChI=1S/C24H22BrClN2O2/c1-16-3-6-19(17(2)11-16)13-24(29)28-27-14-20-12-22(26)9-10-23(20)30-15-18-4-7-21(25)8-5-18/h3-12,14H,13,15H2,1-2H3,(H,28,29)/b27-14+. The fourth-order valence-electron chi connectivity index (χ4n) is 2.92. The van der Waals surface area contributed by atoms with Crippen LogP contribution in [0.3, 0.4) is 0 Å². The second-order valence-electron chi connectivity index (χ2n) is 7.00. The predicted molar refractivity (Wildman–Crippen MR) is 125 cm³/mol. The Morgan fingerprint density at radius 2 is 1.87 bits per heavy atom. The quantitative estimate of drug-likeness (QED) is 0.330. The van der Waals surface area contributed by atoms with Gasteiger partial charge in [-0.25, -0.2) is 5.43 Å². The van der Waals surface area contributed by atoms with Crippen LogP contribution in [0.25, 0.3) is 0 Å². The molecule has 0 radical (unpaired) electrons. The van der Waals surface area contributed by atoms with Crippen LogP contribution in [0.2, 0.25) is 5.02 Å². The summed E-state index contributed by atoms with van der Waals surface area (Å²) in [7, 11) is 0. The zero-order valence-electron chi connectivity index (χ0n) is 16.8. The zero-order chi connectivity index (χ0) is 21.5. The van der Waals surface area contributed by atoms with Gasteiger partial charge in [0, 0.05) is 15.1 Å². The topological polar surface area (TPSA) is 50.7 Å². The van der Waals surface area contributed by atoms with Crippen LogP contribution in [-0.4, -0.2) is 12.1 Å². The number of amides is 1. The van der Waals surface area contributed by atoms with E-state index in [0.717, 1.165) is 21.2 Å². The molecule has 4 nitrogen and oxygen atoms in total. The molecule has 3 aromatic rings. The highest BCUT2D eigenvalue weighted by molar-refractivity contribution is 9.10. The highest BCUT2D eigenvalue weighted by Gasteiger charge is 2.07. The molecule has 0 fully saturated rings. The van der Waals surface area contributed by atoms with Crippen molar-refractivity contribution in [3.05, 3.63) is 98.0 Å². The molecule has 0 saturated heterocycles. The molecule has 0 aliphatic rings. The average Bonchev–Trinajstić information content (AvgIpc) is 2.71. The molecule has 0 saturated carbocycles. The molecule has 30 heavy (non-hydrogen) atoms. The van der Waals surface area contributed by atoms with Crippen LogP contribution in [0, 0.1) is 13.8 Å². The van der Waals surface area contributed by atoms with E-state index >= 15 is 0 Å². The van der Waals surface area contributed by atoms with Gasteiger partial charge < -0.3 is 4.74 Å². The fraction of sp³-hybridized carbons (Fsp3) is 0.167. The number of aryl methyl sites for hydroxylation is 2. The predicted octanol–water partition coefficient (Wildman–Crippen LogP) is 5.99. The van der Waals surface area contributed by atoms with Crippen molar-refractivity contribution in [1.82, 2.24) is 5.43 Å². The summed E-state index contributed by atoms with van der Waals surface area (Å²) in [6.07, 6.45) is 1.81. The first-order valence-electron chi connectivity index (χ1n) is 9.45. The molecule has 0 heterocycles. The summed E-state index contributed by atoms with van der Waals surface area (Å²) in [6, 6.07) is 19.2. The number of nitrogens with zero attached hydrogens (tertiary/aromatic N) is 1. The number of carbonyl (C=O) groups is 1. The van der Waals surface area contributed by atoms with Gasteiger partial charge in [-0.1, -0.05) is 63.4 Å². The van der Waals surface area contributed by atoms with E-state index in [9.17, 15) is 4.79 Å². The number of benzene rings is 3. The van der Waals surface area contributed by atoms with Gasteiger partial charge in [0.05, 0.1) is 12.6 Å². The molecule has 0 aliphatic carbocycles. The summed E-state index contributed by atoms with van der Waals surface area (Å²) in [5.74, 6) is 0.451. The first-order chi connectivity index (χ1) is 14.4. The van der Waals surface area contributed by atoms with Crippen molar-refractivity contribution in [3.8, 4) is 5.75 Å². The Bertz CT molecular complexity index is 1070. The number of halogens is 2. The lowest BCUT2D eigenvalue weighted by Gasteiger charge is -2.10. The summed E-state index contributed by atoms with van der Waals surface area (Å²) in [5.41, 5.74) is 7.54. The Labute approximate surface area is 190 Å². The van der Waals surface area contributed by atoms with Gasteiger partial charge in [0.25, 0.3) is 0 Å². The lowest BCUT2D eigenvalue weighted by molar-refractivity contribution is -0.120.